The Hall–Kier alpha value is -1.94. The Morgan fingerprint density at radius 1 is 1.24 bits per heavy atom. The van der Waals surface area contributed by atoms with Crippen molar-refractivity contribution in [2.45, 2.75) is 33.0 Å². The smallest absolute Gasteiger partial charge is 0.146 e. The minimum Gasteiger partial charge on any atom is -0.486 e. The fourth-order valence-corrected chi connectivity index (χ4v) is 1.92. The van der Waals surface area contributed by atoms with Crippen LogP contribution in [0.2, 0.25) is 0 Å². The molecule has 0 fully saturated rings. The predicted octanol–water partition coefficient (Wildman–Crippen LogP) is 3.42. The van der Waals surface area contributed by atoms with E-state index in [2.05, 4.69) is 30.1 Å². The van der Waals surface area contributed by atoms with E-state index < -0.39 is 0 Å². The second-order valence-electron chi connectivity index (χ2n) is 5.64. The van der Waals surface area contributed by atoms with E-state index in [1.165, 1.54) is 0 Å². The van der Waals surface area contributed by atoms with Crippen LogP contribution in [-0.2, 0) is 13.2 Å². The lowest BCUT2D eigenvalue weighted by atomic mass is 10.3. The van der Waals surface area contributed by atoms with Crippen molar-refractivity contribution >= 4 is 5.69 Å². The van der Waals surface area contributed by atoms with Crippen LogP contribution in [0.5, 0.6) is 5.75 Å². The number of hydrogen-bond donors (Lipinski definition) is 1. The third-order valence-electron chi connectivity index (χ3n) is 3.14. The average molecular weight is 288 g/mol. The SMILES string of the molecule is CC(C)NCc1coc(COc2cccc(N(C)C)c2)c1. The van der Waals surface area contributed by atoms with E-state index in [1.54, 1.807) is 6.26 Å². The zero-order valence-electron chi connectivity index (χ0n) is 13.2. The molecule has 1 aromatic carbocycles. The summed E-state index contributed by atoms with van der Waals surface area (Å²) in [7, 11) is 4.03. The summed E-state index contributed by atoms with van der Waals surface area (Å²) in [5, 5.41) is 3.36. The van der Waals surface area contributed by atoms with E-state index in [0.717, 1.165) is 29.3 Å². The van der Waals surface area contributed by atoms with E-state index in [4.69, 9.17) is 9.15 Å². The molecule has 4 nitrogen and oxygen atoms in total. The van der Waals surface area contributed by atoms with Gasteiger partial charge in [-0.3, -0.25) is 0 Å². The molecule has 114 valence electrons. The maximum Gasteiger partial charge on any atom is 0.146 e. The van der Waals surface area contributed by atoms with Gasteiger partial charge in [0.15, 0.2) is 0 Å². The molecule has 0 amide bonds. The number of nitrogens with zero attached hydrogens (tertiary/aromatic N) is 1. The quantitative estimate of drug-likeness (QED) is 0.847. The fraction of sp³-hybridized carbons (Fsp3) is 0.412. The van der Waals surface area contributed by atoms with Crippen molar-refractivity contribution in [1.29, 1.82) is 0 Å². The molecule has 0 spiro atoms. The highest BCUT2D eigenvalue weighted by Crippen LogP contribution is 2.20. The van der Waals surface area contributed by atoms with Gasteiger partial charge in [0.1, 0.15) is 18.1 Å². The summed E-state index contributed by atoms with van der Waals surface area (Å²) in [6.45, 7) is 5.51. The van der Waals surface area contributed by atoms with Crippen molar-refractivity contribution in [3.63, 3.8) is 0 Å². The molecule has 0 aliphatic carbocycles. The van der Waals surface area contributed by atoms with Crippen LogP contribution in [-0.4, -0.2) is 20.1 Å². The van der Waals surface area contributed by atoms with Crippen LogP contribution in [0.1, 0.15) is 25.2 Å². The topological polar surface area (TPSA) is 37.6 Å². The normalized spacial score (nSPS) is 10.9. The summed E-state index contributed by atoms with van der Waals surface area (Å²) in [6, 6.07) is 10.5. The minimum absolute atomic E-state index is 0.443. The number of hydrogen-bond acceptors (Lipinski definition) is 4. The number of furan rings is 1. The molecule has 0 saturated heterocycles. The summed E-state index contributed by atoms with van der Waals surface area (Å²) >= 11 is 0. The molecule has 0 bridgehead atoms. The number of benzene rings is 1. The Morgan fingerprint density at radius 3 is 2.76 bits per heavy atom. The molecular weight excluding hydrogens is 264 g/mol. The first-order chi connectivity index (χ1) is 10.0. The van der Waals surface area contributed by atoms with Gasteiger partial charge in [0.05, 0.1) is 6.26 Å². The van der Waals surface area contributed by atoms with Gasteiger partial charge in [-0.25, -0.2) is 0 Å². The Morgan fingerprint density at radius 2 is 2.05 bits per heavy atom. The first-order valence-corrected chi connectivity index (χ1v) is 7.24. The summed E-state index contributed by atoms with van der Waals surface area (Å²) in [6.07, 6.45) is 1.78. The third-order valence-corrected chi connectivity index (χ3v) is 3.14. The molecule has 1 heterocycles. The Kier molecular flexibility index (Phi) is 5.28. The van der Waals surface area contributed by atoms with Gasteiger partial charge in [0.25, 0.3) is 0 Å². The first kappa shape index (κ1) is 15.4. The van der Waals surface area contributed by atoms with Gasteiger partial charge < -0.3 is 19.4 Å². The second kappa shape index (κ2) is 7.18. The molecule has 0 atom stereocenters. The average Bonchev–Trinajstić information content (AvgIpc) is 2.91. The predicted molar refractivity (Wildman–Crippen MR) is 85.8 cm³/mol. The van der Waals surface area contributed by atoms with Crippen LogP contribution in [0, 0.1) is 0 Å². The minimum atomic E-state index is 0.443. The third kappa shape index (κ3) is 4.83. The van der Waals surface area contributed by atoms with Crippen molar-refractivity contribution in [3.05, 3.63) is 47.9 Å². The van der Waals surface area contributed by atoms with Crippen molar-refractivity contribution in [2.75, 3.05) is 19.0 Å². The van der Waals surface area contributed by atoms with E-state index in [9.17, 15) is 0 Å². The molecular formula is C17H24N2O2. The molecule has 2 aromatic rings. The van der Waals surface area contributed by atoms with Crippen LogP contribution < -0.4 is 15.0 Å². The highest BCUT2D eigenvalue weighted by molar-refractivity contribution is 5.49. The van der Waals surface area contributed by atoms with Gasteiger partial charge in [-0.15, -0.1) is 0 Å². The molecule has 2 rings (SSSR count). The van der Waals surface area contributed by atoms with Gasteiger partial charge in [-0.2, -0.15) is 0 Å². The molecule has 21 heavy (non-hydrogen) atoms. The molecule has 4 heteroatoms. The van der Waals surface area contributed by atoms with Crippen LogP contribution in [0.25, 0.3) is 0 Å². The monoisotopic (exact) mass is 288 g/mol. The van der Waals surface area contributed by atoms with Crippen LogP contribution in [0.15, 0.2) is 41.0 Å². The lowest BCUT2D eigenvalue weighted by Gasteiger charge is -2.13. The number of ether oxygens (including phenoxy) is 1. The van der Waals surface area contributed by atoms with Gasteiger partial charge in [-0.1, -0.05) is 19.9 Å². The van der Waals surface area contributed by atoms with Gasteiger partial charge >= 0.3 is 0 Å². The largest absolute Gasteiger partial charge is 0.486 e. The van der Waals surface area contributed by atoms with Crippen LogP contribution >= 0.6 is 0 Å². The van der Waals surface area contributed by atoms with Gasteiger partial charge in [0.2, 0.25) is 0 Å². The van der Waals surface area contributed by atoms with E-state index in [0.29, 0.717) is 12.6 Å². The number of rotatable bonds is 7. The van der Waals surface area contributed by atoms with Crippen LogP contribution in [0.4, 0.5) is 5.69 Å². The van der Waals surface area contributed by atoms with Crippen molar-refractivity contribution in [2.24, 2.45) is 0 Å². The van der Waals surface area contributed by atoms with Crippen molar-refractivity contribution in [3.8, 4) is 5.75 Å². The highest BCUT2D eigenvalue weighted by Gasteiger charge is 2.04. The molecule has 1 N–H and O–H groups in total. The second-order valence-corrected chi connectivity index (χ2v) is 5.64. The van der Waals surface area contributed by atoms with Gasteiger partial charge in [0, 0.05) is 44.0 Å². The summed E-state index contributed by atoms with van der Waals surface area (Å²) < 4.78 is 11.3. The first-order valence-electron chi connectivity index (χ1n) is 7.24. The molecule has 0 saturated carbocycles. The number of nitrogens with one attached hydrogen (secondary N) is 1. The number of anilines is 1. The standard InChI is InChI=1S/C17H24N2O2/c1-13(2)18-10-14-8-17(20-11-14)12-21-16-7-5-6-15(9-16)19(3)4/h5-9,11,13,18H,10,12H2,1-4H3. The zero-order valence-corrected chi connectivity index (χ0v) is 13.2. The van der Waals surface area contributed by atoms with E-state index >= 15 is 0 Å². The maximum atomic E-state index is 5.78. The zero-order chi connectivity index (χ0) is 15.2. The van der Waals surface area contributed by atoms with Crippen molar-refractivity contribution < 1.29 is 9.15 Å². The Bertz CT molecular complexity index is 561. The molecule has 0 unspecified atom stereocenters. The highest BCUT2D eigenvalue weighted by atomic mass is 16.5. The summed E-state index contributed by atoms with van der Waals surface area (Å²) in [5.74, 6) is 1.69. The lowest BCUT2D eigenvalue weighted by Crippen LogP contribution is -2.21. The Labute approximate surface area is 126 Å². The molecule has 0 aliphatic heterocycles. The molecule has 0 radical (unpaired) electrons. The summed E-state index contributed by atoms with van der Waals surface area (Å²) in [5.41, 5.74) is 2.26. The summed E-state index contributed by atoms with van der Waals surface area (Å²) in [4.78, 5) is 2.05. The fourth-order valence-electron chi connectivity index (χ4n) is 1.92. The Balaban J connectivity index is 1.89. The molecule has 0 aliphatic rings. The van der Waals surface area contributed by atoms with E-state index in [1.807, 2.05) is 38.4 Å². The molecule has 1 aromatic heterocycles. The lowest BCUT2D eigenvalue weighted by molar-refractivity contribution is 0.270. The van der Waals surface area contributed by atoms with Crippen LogP contribution in [0.3, 0.4) is 0 Å². The van der Waals surface area contributed by atoms with Crippen molar-refractivity contribution in [1.82, 2.24) is 5.32 Å². The van der Waals surface area contributed by atoms with Gasteiger partial charge in [-0.05, 0) is 18.2 Å². The maximum absolute atomic E-state index is 5.78. The van der Waals surface area contributed by atoms with E-state index in [-0.39, 0.29) is 0 Å².